The van der Waals surface area contributed by atoms with Crippen LogP contribution in [0.2, 0.25) is 0 Å². The Bertz CT molecular complexity index is 992. The second-order valence-electron chi connectivity index (χ2n) is 7.53. The van der Waals surface area contributed by atoms with Crippen molar-refractivity contribution in [2.45, 2.75) is 39.8 Å². The summed E-state index contributed by atoms with van der Waals surface area (Å²) in [6.45, 7) is 7.43. The first-order chi connectivity index (χ1) is 13.2. The third-order valence-corrected chi connectivity index (χ3v) is 3.85. The number of hydrogen-bond acceptors (Lipinski definition) is 4. The van der Waals surface area contributed by atoms with E-state index in [0.29, 0.717) is 11.1 Å². The minimum Gasteiger partial charge on any atom is -0.444 e. The van der Waals surface area contributed by atoms with Crippen molar-refractivity contribution in [3.63, 3.8) is 0 Å². The quantitative estimate of drug-likeness (QED) is 0.726. The van der Waals surface area contributed by atoms with Crippen molar-refractivity contribution in [2.24, 2.45) is 0 Å². The maximum absolute atomic E-state index is 14.1. The van der Waals surface area contributed by atoms with Crippen molar-refractivity contribution in [1.29, 1.82) is 0 Å². The summed E-state index contributed by atoms with van der Waals surface area (Å²) in [5.74, 6) is -0.383. The lowest BCUT2D eigenvalue weighted by atomic mass is 10.1. The van der Waals surface area contributed by atoms with Gasteiger partial charge in [-0.3, -0.25) is 4.98 Å². The highest BCUT2D eigenvalue weighted by molar-refractivity contribution is 5.68. The molecule has 0 saturated carbocycles. The number of alkyl carbamates (subject to hydrolysis) is 1. The molecule has 0 aliphatic carbocycles. The normalized spacial score (nSPS) is 11.3. The van der Waals surface area contributed by atoms with E-state index in [4.69, 9.17) is 4.74 Å². The number of nitrogens with one attached hydrogen (secondary N) is 1. The van der Waals surface area contributed by atoms with Gasteiger partial charge in [0.2, 0.25) is 0 Å². The Morgan fingerprint density at radius 2 is 2.00 bits per heavy atom. The molecule has 1 N–H and O–H groups in total. The van der Waals surface area contributed by atoms with Crippen LogP contribution in [-0.2, 0) is 11.3 Å². The van der Waals surface area contributed by atoms with Crippen LogP contribution in [0.5, 0.6) is 0 Å². The van der Waals surface area contributed by atoms with Gasteiger partial charge in [-0.2, -0.15) is 5.10 Å². The number of nitrogens with zero attached hydrogens (tertiary/aromatic N) is 3. The molecule has 0 bridgehead atoms. The molecule has 146 valence electrons. The Hall–Kier alpha value is -3.22. The van der Waals surface area contributed by atoms with E-state index in [1.165, 1.54) is 12.1 Å². The second-order valence-corrected chi connectivity index (χ2v) is 7.53. The molecule has 0 spiro atoms. The van der Waals surface area contributed by atoms with Crippen molar-refractivity contribution in [3.8, 4) is 16.8 Å². The lowest BCUT2D eigenvalue weighted by Crippen LogP contribution is -2.32. The number of rotatable bonds is 4. The molecule has 28 heavy (non-hydrogen) atoms. The molecule has 3 rings (SSSR count). The zero-order chi connectivity index (χ0) is 20.3. The standard InChI is InChI=1S/C21H23FN4O2/c1-14-7-19(5-6-23-14)26-13-17(12-25-26)16-8-15(9-18(22)10-16)11-24-20(27)28-21(2,3)4/h5-10,12-13H,11H2,1-4H3,(H,24,27). The number of ether oxygens (including phenoxy) is 1. The van der Waals surface area contributed by atoms with Crippen LogP contribution in [0.15, 0.2) is 48.9 Å². The summed E-state index contributed by atoms with van der Waals surface area (Å²) in [7, 11) is 0. The van der Waals surface area contributed by atoms with Gasteiger partial charge in [-0.15, -0.1) is 0 Å². The SMILES string of the molecule is Cc1cc(-n2cc(-c3cc(F)cc(CNC(=O)OC(C)(C)C)c3)cn2)ccn1. The second kappa shape index (κ2) is 7.80. The number of aryl methyl sites for hydroxylation is 1. The van der Waals surface area contributed by atoms with Gasteiger partial charge in [-0.1, -0.05) is 0 Å². The minimum atomic E-state index is -0.586. The minimum absolute atomic E-state index is 0.164. The number of halogens is 1. The smallest absolute Gasteiger partial charge is 0.407 e. The molecule has 3 aromatic rings. The molecular formula is C21H23FN4O2. The summed E-state index contributed by atoms with van der Waals surface area (Å²) < 4.78 is 21.0. The van der Waals surface area contributed by atoms with Crippen LogP contribution in [0.4, 0.5) is 9.18 Å². The van der Waals surface area contributed by atoms with Gasteiger partial charge in [-0.05, 0) is 69.2 Å². The first kappa shape index (κ1) is 19.5. The maximum Gasteiger partial charge on any atom is 0.407 e. The van der Waals surface area contributed by atoms with Gasteiger partial charge in [0.1, 0.15) is 11.4 Å². The van der Waals surface area contributed by atoms with E-state index < -0.39 is 11.7 Å². The third-order valence-electron chi connectivity index (χ3n) is 3.85. The Kier molecular flexibility index (Phi) is 5.44. The van der Waals surface area contributed by atoms with Crippen LogP contribution >= 0.6 is 0 Å². The molecule has 2 aromatic heterocycles. The topological polar surface area (TPSA) is 69.0 Å². The van der Waals surface area contributed by atoms with Crippen LogP contribution in [0.3, 0.4) is 0 Å². The molecular weight excluding hydrogens is 359 g/mol. The molecule has 1 aromatic carbocycles. The van der Waals surface area contributed by atoms with Gasteiger partial charge in [0, 0.05) is 30.2 Å². The van der Waals surface area contributed by atoms with Crippen LogP contribution in [0.1, 0.15) is 32.0 Å². The van der Waals surface area contributed by atoms with E-state index in [9.17, 15) is 9.18 Å². The van der Waals surface area contributed by atoms with E-state index in [2.05, 4.69) is 15.4 Å². The van der Waals surface area contributed by atoms with Crippen molar-refractivity contribution in [3.05, 3.63) is 66.0 Å². The summed E-state index contributed by atoms with van der Waals surface area (Å²) in [5, 5.41) is 7.00. The van der Waals surface area contributed by atoms with Gasteiger partial charge in [0.05, 0.1) is 11.9 Å². The zero-order valence-electron chi connectivity index (χ0n) is 16.4. The van der Waals surface area contributed by atoms with E-state index in [0.717, 1.165) is 16.9 Å². The van der Waals surface area contributed by atoms with E-state index in [1.807, 2.05) is 31.3 Å². The molecule has 1 amide bonds. The van der Waals surface area contributed by atoms with E-state index >= 15 is 0 Å². The molecule has 2 heterocycles. The number of carbonyl (C=O) groups is 1. The van der Waals surface area contributed by atoms with Gasteiger partial charge < -0.3 is 10.1 Å². The maximum atomic E-state index is 14.1. The monoisotopic (exact) mass is 382 g/mol. The Morgan fingerprint density at radius 3 is 2.71 bits per heavy atom. The van der Waals surface area contributed by atoms with Gasteiger partial charge >= 0.3 is 6.09 Å². The molecule has 0 atom stereocenters. The van der Waals surface area contributed by atoms with Crippen LogP contribution < -0.4 is 5.32 Å². The average molecular weight is 382 g/mol. The molecule has 0 radical (unpaired) electrons. The van der Waals surface area contributed by atoms with Crippen LogP contribution in [-0.4, -0.2) is 26.5 Å². The highest BCUT2D eigenvalue weighted by Crippen LogP contribution is 2.23. The van der Waals surface area contributed by atoms with Crippen molar-refractivity contribution < 1.29 is 13.9 Å². The molecule has 6 nitrogen and oxygen atoms in total. The van der Waals surface area contributed by atoms with Crippen LogP contribution in [0.25, 0.3) is 16.8 Å². The number of benzene rings is 1. The van der Waals surface area contributed by atoms with Gasteiger partial charge in [0.15, 0.2) is 0 Å². The third kappa shape index (κ3) is 5.16. The first-order valence-electron chi connectivity index (χ1n) is 8.94. The van der Waals surface area contributed by atoms with Crippen molar-refractivity contribution in [2.75, 3.05) is 0 Å². The van der Waals surface area contributed by atoms with Crippen molar-refractivity contribution in [1.82, 2.24) is 20.1 Å². The van der Waals surface area contributed by atoms with Gasteiger partial charge in [0.25, 0.3) is 0 Å². The summed E-state index contributed by atoms with van der Waals surface area (Å²) in [6.07, 6.45) is 4.68. The van der Waals surface area contributed by atoms with Crippen LogP contribution in [0, 0.1) is 12.7 Å². The summed E-state index contributed by atoms with van der Waals surface area (Å²) in [5.41, 5.74) is 3.26. The number of aromatic nitrogens is 3. The zero-order valence-corrected chi connectivity index (χ0v) is 16.4. The first-order valence-corrected chi connectivity index (χ1v) is 8.94. The predicted octanol–water partition coefficient (Wildman–Crippen LogP) is 4.41. The number of hydrogen-bond donors (Lipinski definition) is 1. The molecule has 0 aliphatic rings. The molecule has 0 saturated heterocycles. The lowest BCUT2D eigenvalue weighted by molar-refractivity contribution is 0.0523. The fourth-order valence-corrected chi connectivity index (χ4v) is 2.69. The number of pyridine rings is 1. The van der Waals surface area contributed by atoms with Gasteiger partial charge in [-0.25, -0.2) is 13.9 Å². The molecule has 0 fully saturated rings. The Labute approximate surface area is 163 Å². The van der Waals surface area contributed by atoms with E-state index in [-0.39, 0.29) is 12.4 Å². The molecule has 0 aliphatic heterocycles. The van der Waals surface area contributed by atoms with Crippen molar-refractivity contribution >= 4 is 6.09 Å². The predicted molar refractivity (Wildman–Crippen MR) is 105 cm³/mol. The highest BCUT2D eigenvalue weighted by atomic mass is 19.1. The lowest BCUT2D eigenvalue weighted by Gasteiger charge is -2.19. The Balaban J connectivity index is 1.77. The summed E-state index contributed by atoms with van der Waals surface area (Å²) in [6, 6.07) is 8.41. The highest BCUT2D eigenvalue weighted by Gasteiger charge is 2.16. The Morgan fingerprint density at radius 1 is 1.21 bits per heavy atom. The summed E-state index contributed by atoms with van der Waals surface area (Å²) in [4.78, 5) is 16.0. The summed E-state index contributed by atoms with van der Waals surface area (Å²) >= 11 is 0. The number of carbonyl (C=O) groups excluding carboxylic acids is 1. The molecule has 7 heteroatoms. The largest absolute Gasteiger partial charge is 0.444 e. The number of amides is 1. The fraction of sp³-hybridized carbons (Fsp3) is 0.286. The molecule has 0 unspecified atom stereocenters. The fourth-order valence-electron chi connectivity index (χ4n) is 2.69. The average Bonchev–Trinajstić information content (AvgIpc) is 3.08. The van der Waals surface area contributed by atoms with E-state index in [1.54, 1.807) is 37.8 Å².